The molecule has 4 aromatic rings. The van der Waals surface area contributed by atoms with Gasteiger partial charge in [-0.2, -0.15) is 0 Å². The van der Waals surface area contributed by atoms with Gasteiger partial charge in [0.05, 0.1) is 5.02 Å². The van der Waals surface area contributed by atoms with E-state index >= 15 is 0 Å². The Balaban J connectivity index is 2.00. The molecule has 0 aromatic heterocycles. The smallest absolute Gasteiger partial charge is 0.248 e. The van der Waals surface area contributed by atoms with E-state index in [1.165, 1.54) is 0 Å². The summed E-state index contributed by atoms with van der Waals surface area (Å²) in [5.41, 5.74) is 1.65. The molecule has 4 aromatic carbocycles. The van der Waals surface area contributed by atoms with Gasteiger partial charge in [0.2, 0.25) is 18.2 Å². The second kappa shape index (κ2) is 9.31. The molecule has 0 saturated heterocycles. The van der Waals surface area contributed by atoms with E-state index in [9.17, 15) is 14.2 Å². The van der Waals surface area contributed by atoms with Gasteiger partial charge >= 0.3 is 0 Å². The van der Waals surface area contributed by atoms with Crippen LogP contribution in [0.5, 0.6) is 0 Å². The van der Waals surface area contributed by atoms with Crippen LogP contribution in [0.15, 0.2) is 97.1 Å². The molecule has 3 nitrogen and oxygen atoms in total. The van der Waals surface area contributed by atoms with Gasteiger partial charge in [-0.05, 0) is 42.2 Å². The Kier molecular flexibility index (Phi) is 6.47. The molecule has 4 rings (SSSR count). The van der Waals surface area contributed by atoms with Crippen molar-refractivity contribution in [1.29, 1.82) is 0 Å². The van der Waals surface area contributed by atoms with Gasteiger partial charge in [0.25, 0.3) is 0 Å². The van der Waals surface area contributed by atoms with Crippen LogP contribution in [0.3, 0.4) is 0 Å². The maximum atomic E-state index is 14.7. The van der Waals surface area contributed by atoms with Gasteiger partial charge in [-0.1, -0.05) is 103 Å². The molecule has 0 spiro atoms. The molecule has 1 unspecified atom stereocenters. The molecule has 0 fully saturated rings. The minimum atomic E-state index is -4.29. The number of hydrogen-bond acceptors (Lipinski definition) is 3. The standard InChI is InChI=1S/C28H22ClO3P/c1-19-11-9-17-23(21-13-5-3-6-14-21)25(19)27(30)33(32,22-15-7-4-8-16-22)28(31)26-20(2)12-10-18-24(26)29/h3-18H,1-2H3. The predicted octanol–water partition coefficient (Wildman–Crippen LogP) is 7.29. The normalized spacial score (nSPS) is 12.7. The van der Waals surface area contributed by atoms with Gasteiger partial charge < -0.3 is 4.57 Å². The van der Waals surface area contributed by atoms with Gasteiger partial charge in [-0.15, -0.1) is 0 Å². The van der Waals surface area contributed by atoms with E-state index in [0.717, 1.165) is 5.56 Å². The molecular formula is C28H22ClO3P. The lowest BCUT2D eigenvalue weighted by molar-refractivity contribution is 0.104. The SMILES string of the molecule is Cc1cccc(Cl)c1C(=O)P(=O)(C(=O)c1c(C)cccc1-c1ccccc1)c1ccccc1. The predicted molar refractivity (Wildman–Crippen MR) is 135 cm³/mol. The fourth-order valence-electron chi connectivity index (χ4n) is 3.99. The first-order chi connectivity index (χ1) is 15.9. The van der Waals surface area contributed by atoms with Crippen LogP contribution >= 0.6 is 18.7 Å². The minimum Gasteiger partial charge on any atom is -0.302 e. The lowest BCUT2D eigenvalue weighted by atomic mass is 9.97. The quantitative estimate of drug-likeness (QED) is 0.277. The fraction of sp³-hybridized carbons (Fsp3) is 0.0714. The molecule has 0 aliphatic heterocycles. The summed E-state index contributed by atoms with van der Waals surface area (Å²) in [6.07, 6.45) is 0. The maximum absolute atomic E-state index is 14.7. The molecule has 0 heterocycles. The molecule has 1 atom stereocenters. The third-order valence-corrected chi connectivity index (χ3v) is 8.63. The van der Waals surface area contributed by atoms with Crippen molar-refractivity contribution >= 4 is 35.1 Å². The summed E-state index contributed by atoms with van der Waals surface area (Å²) in [5.74, 6) is 0. The van der Waals surface area contributed by atoms with Gasteiger partial charge in [-0.3, -0.25) is 9.59 Å². The lowest BCUT2D eigenvalue weighted by Gasteiger charge is -2.21. The molecule has 0 amide bonds. The number of aryl methyl sites for hydroxylation is 2. The van der Waals surface area contributed by atoms with Crippen molar-refractivity contribution in [2.45, 2.75) is 13.8 Å². The van der Waals surface area contributed by atoms with Crippen LogP contribution in [0.1, 0.15) is 31.8 Å². The Hall–Kier alpha value is -3.26. The van der Waals surface area contributed by atoms with Gasteiger partial charge in [0.15, 0.2) is 0 Å². The molecule has 33 heavy (non-hydrogen) atoms. The van der Waals surface area contributed by atoms with E-state index in [4.69, 9.17) is 11.6 Å². The molecule has 0 radical (unpaired) electrons. The largest absolute Gasteiger partial charge is 0.302 e. The van der Waals surface area contributed by atoms with Gasteiger partial charge in [-0.25, -0.2) is 0 Å². The van der Waals surface area contributed by atoms with Crippen LogP contribution in [0.2, 0.25) is 5.02 Å². The minimum absolute atomic E-state index is 0.120. The first-order valence-electron chi connectivity index (χ1n) is 10.5. The topological polar surface area (TPSA) is 51.2 Å². The second-order valence-electron chi connectivity index (χ2n) is 7.85. The number of benzene rings is 4. The Bertz CT molecular complexity index is 1380. The highest BCUT2D eigenvalue weighted by Gasteiger charge is 2.45. The van der Waals surface area contributed by atoms with Crippen molar-refractivity contribution < 1.29 is 14.2 Å². The van der Waals surface area contributed by atoms with Crippen molar-refractivity contribution in [1.82, 2.24) is 0 Å². The number of rotatable bonds is 6. The highest BCUT2D eigenvalue weighted by Crippen LogP contribution is 2.53. The Morgan fingerprint density at radius 3 is 1.76 bits per heavy atom. The maximum Gasteiger partial charge on any atom is 0.248 e. The monoisotopic (exact) mass is 472 g/mol. The van der Waals surface area contributed by atoms with Crippen LogP contribution < -0.4 is 5.30 Å². The Labute approximate surface area is 198 Å². The summed E-state index contributed by atoms with van der Waals surface area (Å²) in [6.45, 7) is 3.52. The second-order valence-corrected chi connectivity index (χ2v) is 10.8. The molecule has 0 aliphatic carbocycles. The molecule has 0 N–H and O–H groups in total. The average molecular weight is 473 g/mol. The zero-order chi connectivity index (χ0) is 23.6. The van der Waals surface area contributed by atoms with Crippen molar-refractivity contribution in [3.63, 3.8) is 0 Å². The first-order valence-corrected chi connectivity index (χ1v) is 12.6. The number of carbonyl (C=O) groups excluding carboxylic acids is 2. The molecule has 0 bridgehead atoms. The van der Waals surface area contributed by atoms with Crippen molar-refractivity contribution in [3.8, 4) is 11.1 Å². The van der Waals surface area contributed by atoms with E-state index < -0.39 is 18.2 Å². The van der Waals surface area contributed by atoms with Crippen LogP contribution in [0, 0.1) is 13.8 Å². The van der Waals surface area contributed by atoms with Gasteiger partial charge in [0.1, 0.15) is 0 Å². The first kappa shape index (κ1) is 22.9. The molecule has 0 saturated carbocycles. The number of hydrogen-bond donors (Lipinski definition) is 0. The van der Waals surface area contributed by atoms with Crippen LogP contribution in [-0.2, 0) is 4.57 Å². The highest BCUT2D eigenvalue weighted by atomic mass is 35.5. The van der Waals surface area contributed by atoms with Crippen LogP contribution in [0.4, 0.5) is 0 Å². The van der Waals surface area contributed by atoms with Crippen LogP contribution in [0.25, 0.3) is 11.1 Å². The molecule has 0 aliphatic rings. The van der Waals surface area contributed by atoms with E-state index in [-0.39, 0.29) is 21.5 Å². The Morgan fingerprint density at radius 2 is 1.15 bits per heavy atom. The summed E-state index contributed by atoms with van der Waals surface area (Å²) in [4.78, 5) is 28.1. The van der Waals surface area contributed by atoms with Crippen molar-refractivity contribution in [3.05, 3.63) is 124 Å². The molecule has 164 valence electrons. The molecular weight excluding hydrogens is 451 g/mol. The van der Waals surface area contributed by atoms with E-state index in [1.54, 1.807) is 68.4 Å². The van der Waals surface area contributed by atoms with E-state index in [1.807, 2.05) is 42.5 Å². The third-order valence-electron chi connectivity index (χ3n) is 5.70. The lowest BCUT2D eigenvalue weighted by Crippen LogP contribution is -2.22. The summed E-state index contributed by atoms with van der Waals surface area (Å²) in [5, 5.41) is 0.374. The number of halogens is 1. The fourth-order valence-corrected chi connectivity index (χ4v) is 6.83. The summed E-state index contributed by atoms with van der Waals surface area (Å²) in [6, 6.07) is 28.2. The zero-order valence-electron chi connectivity index (χ0n) is 18.3. The highest BCUT2D eigenvalue weighted by molar-refractivity contribution is 8.01. The Morgan fingerprint density at radius 1 is 0.636 bits per heavy atom. The van der Waals surface area contributed by atoms with Crippen molar-refractivity contribution in [2.75, 3.05) is 0 Å². The summed E-state index contributed by atoms with van der Waals surface area (Å²) >= 11 is 6.37. The van der Waals surface area contributed by atoms with E-state index in [0.29, 0.717) is 16.7 Å². The van der Waals surface area contributed by atoms with Gasteiger partial charge in [0, 0.05) is 16.4 Å². The summed E-state index contributed by atoms with van der Waals surface area (Å²) < 4.78 is 14.7. The van der Waals surface area contributed by atoms with E-state index in [2.05, 4.69) is 0 Å². The van der Waals surface area contributed by atoms with Crippen molar-refractivity contribution in [2.24, 2.45) is 0 Å². The molecule has 5 heteroatoms. The third kappa shape index (κ3) is 4.11. The van der Waals surface area contributed by atoms with Crippen LogP contribution in [-0.4, -0.2) is 11.0 Å². The number of carbonyl (C=O) groups is 2. The zero-order valence-corrected chi connectivity index (χ0v) is 19.9. The average Bonchev–Trinajstić information content (AvgIpc) is 2.84. The summed E-state index contributed by atoms with van der Waals surface area (Å²) in [7, 11) is -4.29.